The van der Waals surface area contributed by atoms with Gasteiger partial charge in [-0.2, -0.15) is 0 Å². The molecule has 1 aliphatic heterocycles. The number of imidazole rings is 1. The van der Waals surface area contributed by atoms with E-state index in [1.54, 1.807) is 11.3 Å². The first-order valence-corrected chi connectivity index (χ1v) is 6.53. The lowest BCUT2D eigenvalue weighted by Crippen LogP contribution is -2.25. The zero-order valence-electron chi connectivity index (χ0n) is 9.06. The molecule has 0 amide bonds. The molecule has 1 saturated heterocycles. The Balaban J connectivity index is 1.52. The second-order valence-electron chi connectivity index (χ2n) is 4.09. The lowest BCUT2D eigenvalue weighted by molar-refractivity contribution is 0.110. The van der Waals surface area contributed by atoms with Gasteiger partial charge in [-0.05, 0) is 12.8 Å². The third-order valence-electron chi connectivity index (χ3n) is 2.85. The molecular formula is C11H15N3OS. The summed E-state index contributed by atoms with van der Waals surface area (Å²) >= 11 is 1.67. The summed E-state index contributed by atoms with van der Waals surface area (Å²) < 4.78 is 7.61. The lowest BCUT2D eigenvalue weighted by Gasteiger charge is -2.09. The summed E-state index contributed by atoms with van der Waals surface area (Å²) in [6.45, 7) is 2.69. The highest BCUT2D eigenvalue weighted by atomic mass is 32.1. The molecular weight excluding hydrogens is 222 g/mol. The molecule has 2 aromatic heterocycles. The Bertz CT molecular complexity index is 430. The van der Waals surface area contributed by atoms with Crippen LogP contribution in [0.3, 0.4) is 0 Å². The zero-order chi connectivity index (χ0) is 10.8. The maximum Gasteiger partial charge on any atom is 0.193 e. The third kappa shape index (κ3) is 2.11. The standard InChI is InChI=1S/C11H15N3OS/c1-2-10(15-4-1)7-12-6-9-8-14-3-5-16-11(14)13-9/h3,5,8,10,12H,1-2,4,6-7H2. The first-order valence-electron chi connectivity index (χ1n) is 5.65. The summed E-state index contributed by atoms with van der Waals surface area (Å²) in [5, 5.41) is 5.45. The van der Waals surface area contributed by atoms with Gasteiger partial charge in [0.25, 0.3) is 0 Å². The van der Waals surface area contributed by atoms with Crippen molar-refractivity contribution in [2.24, 2.45) is 0 Å². The second-order valence-corrected chi connectivity index (χ2v) is 4.96. The molecule has 1 N–H and O–H groups in total. The molecule has 86 valence electrons. The summed E-state index contributed by atoms with van der Waals surface area (Å²) in [6.07, 6.45) is 6.91. The van der Waals surface area contributed by atoms with Gasteiger partial charge >= 0.3 is 0 Å². The highest BCUT2D eigenvalue weighted by molar-refractivity contribution is 7.15. The van der Waals surface area contributed by atoms with E-state index in [1.807, 2.05) is 11.6 Å². The van der Waals surface area contributed by atoms with Crippen LogP contribution in [0.4, 0.5) is 0 Å². The van der Waals surface area contributed by atoms with Gasteiger partial charge in [-0.1, -0.05) is 0 Å². The number of thiazole rings is 1. The van der Waals surface area contributed by atoms with Crippen molar-refractivity contribution in [3.8, 4) is 0 Å². The normalized spacial score (nSPS) is 20.9. The van der Waals surface area contributed by atoms with Crippen molar-refractivity contribution < 1.29 is 4.74 Å². The van der Waals surface area contributed by atoms with Gasteiger partial charge in [-0.3, -0.25) is 4.40 Å². The molecule has 5 heteroatoms. The fraction of sp³-hybridized carbons (Fsp3) is 0.545. The minimum Gasteiger partial charge on any atom is -0.377 e. The number of nitrogens with zero attached hydrogens (tertiary/aromatic N) is 2. The van der Waals surface area contributed by atoms with Gasteiger partial charge in [-0.15, -0.1) is 11.3 Å². The number of rotatable bonds is 4. The molecule has 1 aliphatic rings. The molecule has 0 radical (unpaired) electrons. The van der Waals surface area contributed by atoms with Gasteiger partial charge in [0.1, 0.15) is 0 Å². The van der Waals surface area contributed by atoms with E-state index in [2.05, 4.69) is 20.9 Å². The number of ether oxygens (including phenoxy) is 1. The Morgan fingerprint density at radius 1 is 1.62 bits per heavy atom. The van der Waals surface area contributed by atoms with Crippen LogP contribution in [-0.4, -0.2) is 28.6 Å². The van der Waals surface area contributed by atoms with Crippen LogP contribution in [0.5, 0.6) is 0 Å². The average Bonchev–Trinajstić information content (AvgIpc) is 2.91. The summed E-state index contributed by atoms with van der Waals surface area (Å²) in [6, 6.07) is 0. The van der Waals surface area contributed by atoms with Gasteiger partial charge in [0, 0.05) is 37.5 Å². The maximum absolute atomic E-state index is 5.55. The Hall–Kier alpha value is -0.910. The molecule has 4 nitrogen and oxygen atoms in total. The largest absolute Gasteiger partial charge is 0.377 e. The fourth-order valence-electron chi connectivity index (χ4n) is 2.03. The molecule has 3 heterocycles. The summed E-state index contributed by atoms with van der Waals surface area (Å²) in [5.74, 6) is 0. The quantitative estimate of drug-likeness (QED) is 0.879. The first kappa shape index (κ1) is 10.3. The van der Waals surface area contributed by atoms with Gasteiger partial charge in [0.15, 0.2) is 4.96 Å². The van der Waals surface area contributed by atoms with Crippen molar-refractivity contribution in [2.75, 3.05) is 13.2 Å². The minimum atomic E-state index is 0.406. The predicted octanol–water partition coefficient (Wildman–Crippen LogP) is 1.66. The molecule has 1 atom stereocenters. The van der Waals surface area contributed by atoms with E-state index >= 15 is 0 Å². The van der Waals surface area contributed by atoms with E-state index in [1.165, 1.54) is 12.8 Å². The van der Waals surface area contributed by atoms with E-state index in [-0.39, 0.29) is 0 Å². The van der Waals surface area contributed by atoms with Crippen molar-refractivity contribution in [1.29, 1.82) is 0 Å². The zero-order valence-corrected chi connectivity index (χ0v) is 9.87. The second kappa shape index (κ2) is 4.53. The molecule has 0 aromatic carbocycles. The Kier molecular flexibility index (Phi) is 2.90. The number of fused-ring (bicyclic) bond motifs is 1. The molecule has 1 fully saturated rings. The van der Waals surface area contributed by atoms with Gasteiger partial charge < -0.3 is 10.1 Å². The summed E-state index contributed by atoms with van der Waals surface area (Å²) in [5.41, 5.74) is 1.10. The van der Waals surface area contributed by atoms with Crippen LogP contribution in [0.25, 0.3) is 4.96 Å². The van der Waals surface area contributed by atoms with E-state index in [4.69, 9.17) is 4.74 Å². The molecule has 3 rings (SSSR count). The smallest absolute Gasteiger partial charge is 0.193 e. The van der Waals surface area contributed by atoms with E-state index in [9.17, 15) is 0 Å². The summed E-state index contributed by atoms with van der Waals surface area (Å²) in [4.78, 5) is 5.58. The predicted molar refractivity (Wildman–Crippen MR) is 63.7 cm³/mol. The van der Waals surface area contributed by atoms with Gasteiger partial charge in [0.05, 0.1) is 11.8 Å². The Morgan fingerprint density at radius 2 is 2.62 bits per heavy atom. The van der Waals surface area contributed by atoms with Crippen LogP contribution in [0.1, 0.15) is 18.5 Å². The number of hydrogen-bond acceptors (Lipinski definition) is 4. The number of hydrogen-bond donors (Lipinski definition) is 1. The highest BCUT2D eigenvalue weighted by Crippen LogP contribution is 2.12. The van der Waals surface area contributed by atoms with Gasteiger partial charge in [-0.25, -0.2) is 4.98 Å². The van der Waals surface area contributed by atoms with E-state index < -0.39 is 0 Å². The van der Waals surface area contributed by atoms with Gasteiger partial charge in [0.2, 0.25) is 0 Å². The van der Waals surface area contributed by atoms with Crippen LogP contribution < -0.4 is 5.32 Å². The maximum atomic E-state index is 5.55. The van der Waals surface area contributed by atoms with Crippen LogP contribution >= 0.6 is 11.3 Å². The average molecular weight is 237 g/mol. The van der Waals surface area contributed by atoms with Crippen LogP contribution in [0.2, 0.25) is 0 Å². The third-order valence-corrected chi connectivity index (χ3v) is 3.62. The monoisotopic (exact) mass is 237 g/mol. The Labute approximate surface area is 98.3 Å². The van der Waals surface area contributed by atoms with Crippen molar-refractivity contribution in [1.82, 2.24) is 14.7 Å². The van der Waals surface area contributed by atoms with Crippen LogP contribution in [-0.2, 0) is 11.3 Å². The molecule has 2 aromatic rings. The lowest BCUT2D eigenvalue weighted by atomic mass is 10.2. The van der Waals surface area contributed by atoms with Crippen molar-refractivity contribution in [3.63, 3.8) is 0 Å². The van der Waals surface area contributed by atoms with Crippen molar-refractivity contribution >= 4 is 16.3 Å². The Morgan fingerprint density at radius 3 is 3.44 bits per heavy atom. The molecule has 0 spiro atoms. The summed E-state index contributed by atoms with van der Waals surface area (Å²) in [7, 11) is 0. The topological polar surface area (TPSA) is 38.6 Å². The molecule has 16 heavy (non-hydrogen) atoms. The first-order chi connectivity index (χ1) is 7.92. The highest BCUT2D eigenvalue weighted by Gasteiger charge is 2.14. The molecule has 0 aliphatic carbocycles. The van der Waals surface area contributed by atoms with E-state index in [0.29, 0.717) is 6.10 Å². The minimum absolute atomic E-state index is 0.406. The fourth-order valence-corrected chi connectivity index (χ4v) is 2.75. The number of aromatic nitrogens is 2. The molecule has 0 saturated carbocycles. The van der Waals surface area contributed by atoms with Crippen LogP contribution in [0, 0.1) is 0 Å². The SMILES string of the molecule is c1cn2cc(CNCC3CCCO3)nc2s1. The van der Waals surface area contributed by atoms with Crippen LogP contribution in [0.15, 0.2) is 17.8 Å². The molecule has 1 unspecified atom stereocenters. The van der Waals surface area contributed by atoms with E-state index in [0.717, 1.165) is 30.4 Å². The molecule has 0 bridgehead atoms. The number of nitrogens with one attached hydrogen (secondary N) is 1. The van der Waals surface area contributed by atoms with Crippen molar-refractivity contribution in [3.05, 3.63) is 23.5 Å². The van der Waals surface area contributed by atoms with Crippen molar-refractivity contribution in [2.45, 2.75) is 25.5 Å².